The average molecular weight is 228 g/mol. The van der Waals surface area contributed by atoms with Crippen LogP contribution >= 0.6 is 0 Å². The Kier molecular flexibility index (Phi) is 3.47. The lowest BCUT2D eigenvalue weighted by atomic mass is 10.0. The van der Waals surface area contributed by atoms with Crippen LogP contribution in [0.15, 0.2) is 0 Å². The van der Waals surface area contributed by atoms with Crippen molar-refractivity contribution in [3.05, 3.63) is 0 Å². The molecule has 0 aromatic carbocycles. The summed E-state index contributed by atoms with van der Waals surface area (Å²) in [5, 5.41) is 9.26. The summed E-state index contributed by atoms with van der Waals surface area (Å²) in [5.41, 5.74) is 0. The number of morpholine rings is 1. The minimum absolute atomic E-state index is 0.0135. The summed E-state index contributed by atoms with van der Waals surface area (Å²) < 4.78 is 5.37. The zero-order valence-corrected chi connectivity index (χ0v) is 9.93. The topological polar surface area (TPSA) is 53.0 Å². The highest BCUT2D eigenvalue weighted by Crippen LogP contribution is 2.21. The fourth-order valence-electron chi connectivity index (χ4n) is 2.48. The van der Waals surface area contributed by atoms with Gasteiger partial charge in [-0.15, -0.1) is 0 Å². The lowest BCUT2D eigenvalue weighted by Crippen LogP contribution is -2.65. The molecule has 16 heavy (non-hydrogen) atoms. The Bertz CT molecular complexity index is 270. The number of aliphatic hydroxyl groups is 1. The van der Waals surface area contributed by atoms with Gasteiger partial charge in [-0.25, -0.2) is 0 Å². The summed E-state index contributed by atoms with van der Waals surface area (Å²) >= 11 is 0. The number of ether oxygens (including phenoxy) is 1. The molecule has 2 heterocycles. The van der Waals surface area contributed by atoms with Crippen molar-refractivity contribution in [3.63, 3.8) is 0 Å². The first kappa shape index (κ1) is 11.8. The molecule has 1 unspecified atom stereocenters. The number of amides is 1. The van der Waals surface area contributed by atoms with Crippen LogP contribution in [-0.4, -0.2) is 71.8 Å². The van der Waals surface area contributed by atoms with Gasteiger partial charge in [0.15, 0.2) is 0 Å². The zero-order chi connectivity index (χ0) is 11.7. The fourth-order valence-corrected chi connectivity index (χ4v) is 2.48. The van der Waals surface area contributed by atoms with Crippen molar-refractivity contribution >= 4 is 5.91 Å². The highest BCUT2D eigenvalue weighted by molar-refractivity contribution is 5.78. The minimum Gasteiger partial charge on any atom is -0.394 e. The van der Waals surface area contributed by atoms with Crippen LogP contribution in [0.4, 0.5) is 0 Å². The number of hydrogen-bond acceptors (Lipinski definition) is 4. The third-order valence-electron chi connectivity index (χ3n) is 3.53. The summed E-state index contributed by atoms with van der Waals surface area (Å²) in [5.74, 6) is 0.0538. The van der Waals surface area contributed by atoms with Gasteiger partial charge in [0, 0.05) is 25.7 Å². The van der Waals surface area contributed by atoms with E-state index in [2.05, 4.69) is 18.7 Å². The molecule has 1 amide bonds. The quantitative estimate of drug-likeness (QED) is 0.679. The van der Waals surface area contributed by atoms with E-state index in [0.717, 1.165) is 19.6 Å². The standard InChI is InChI=1S/C11H20N2O3/c1-8(2)12-3-4-13-9(5-12)10(6-14)16-7-11(13)15/h8-10,14H,3-7H2,1-2H3/t9?,10-/m0/s1. The second-order valence-electron chi connectivity index (χ2n) is 4.78. The number of carbonyl (C=O) groups is 1. The highest BCUT2D eigenvalue weighted by Gasteiger charge is 2.40. The largest absolute Gasteiger partial charge is 0.394 e. The zero-order valence-electron chi connectivity index (χ0n) is 9.93. The number of nitrogens with zero attached hydrogens (tertiary/aromatic N) is 2. The molecule has 2 aliphatic heterocycles. The Morgan fingerprint density at radius 2 is 2.25 bits per heavy atom. The Morgan fingerprint density at radius 3 is 2.88 bits per heavy atom. The number of hydrogen-bond donors (Lipinski definition) is 1. The summed E-state index contributed by atoms with van der Waals surface area (Å²) in [4.78, 5) is 15.9. The molecule has 2 fully saturated rings. The maximum atomic E-state index is 11.7. The molecule has 0 aromatic heterocycles. The van der Waals surface area contributed by atoms with Gasteiger partial charge >= 0.3 is 0 Å². The van der Waals surface area contributed by atoms with Gasteiger partial charge in [0.1, 0.15) is 12.7 Å². The number of aliphatic hydroxyl groups excluding tert-OH is 1. The van der Waals surface area contributed by atoms with E-state index in [1.165, 1.54) is 0 Å². The van der Waals surface area contributed by atoms with Crippen LogP contribution in [0.5, 0.6) is 0 Å². The van der Waals surface area contributed by atoms with Crippen molar-refractivity contribution < 1.29 is 14.6 Å². The molecule has 2 atom stereocenters. The van der Waals surface area contributed by atoms with Gasteiger partial charge in [-0.1, -0.05) is 0 Å². The van der Waals surface area contributed by atoms with E-state index in [9.17, 15) is 9.90 Å². The van der Waals surface area contributed by atoms with E-state index in [1.807, 2.05) is 4.90 Å². The van der Waals surface area contributed by atoms with E-state index in [0.29, 0.717) is 6.04 Å². The summed E-state index contributed by atoms with van der Waals surface area (Å²) in [6.07, 6.45) is -0.223. The average Bonchev–Trinajstić information content (AvgIpc) is 2.29. The first-order chi connectivity index (χ1) is 7.63. The molecule has 0 saturated carbocycles. The van der Waals surface area contributed by atoms with E-state index in [1.54, 1.807) is 0 Å². The normalized spacial score (nSPS) is 32.0. The van der Waals surface area contributed by atoms with Crippen molar-refractivity contribution in [2.24, 2.45) is 0 Å². The predicted octanol–water partition coefficient (Wildman–Crippen LogP) is -0.701. The third kappa shape index (κ3) is 2.07. The van der Waals surface area contributed by atoms with Gasteiger partial charge in [-0.3, -0.25) is 9.69 Å². The molecule has 2 saturated heterocycles. The molecule has 0 radical (unpaired) electrons. The maximum Gasteiger partial charge on any atom is 0.249 e. The van der Waals surface area contributed by atoms with Gasteiger partial charge in [-0.2, -0.15) is 0 Å². The second-order valence-corrected chi connectivity index (χ2v) is 4.78. The van der Waals surface area contributed by atoms with Gasteiger partial charge in [-0.05, 0) is 13.8 Å². The van der Waals surface area contributed by atoms with Crippen LogP contribution in [0.3, 0.4) is 0 Å². The van der Waals surface area contributed by atoms with Crippen LogP contribution in [0.1, 0.15) is 13.8 Å². The molecule has 1 N–H and O–H groups in total. The van der Waals surface area contributed by atoms with E-state index >= 15 is 0 Å². The third-order valence-corrected chi connectivity index (χ3v) is 3.53. The van der Waals surface area contributed by atoms with Crippen molar-refractivity contribution in [1.82, 2.24) is 9.80 Å². The number of fused-ring (bicyclic) bond motifs is 1. The van der Waals surface area contributed by atoms with Crippen molar-refractivity contribution in [2.45, 2.75) is 32.0 Å². The monoisotopic (exact) mass is 228 g/mol. The maximum absolute atomic E-state index is 11.7. The molecule has 5 heteroatoms. The minimum atomic E-state index is -0.223. The lowest BCUT2D eigenvalue weighted by molar-refractivity contribution is -0.167. The molecule has 5 nitrogen and oxygen atoms in total. The number of piperazine rings is 1. The number of carbonyl (C=O) groups excluding carboxylic acids is 1. The summed E-state index contributed by atoms with van der Waals surface area (Å²) in [6.45, 7) is 6.86. The van der Waals surface area contributed by atoms with Crippen LogP contribution < -0.4 is 0 Å². The summed E-state index contributed by atoms with van der Waals surface area (Å²) in [6, 6.07) is 0.487. The van der Waals surface area contributed by atoms with Crippen LogP contribution in [0, 0.1) is 0 Å². The van der Waals surface area contributed by atoms with Crippen molar-refractivity contribution in [1.29, 1.82) is 0 Å². The smallest absolute Gasteiger partial charge is 0.249 e. The molecule has 0 bridgehead atoms. The molecule has 92 valence electrons. The lowest BCUT2D eigenvalue weighted by Gasteiger charge is -2.48. The molecule has 0 aliphatic carbocycles. The van der Waals surface area contributed by atoms with Gasteiger partial charge in [0.05, 0.1) is 12.6 Å². The van der Waals surface area contributed by atoms with Crippen molar-refractivity contribution in [2.75, 3.05) is 32.8 Å². The first-order valence-corrected chi connectivity index (χ1v) is 5.89. The Hall–Kier alpha value is -0.650. The first-order valence-electron chi connectivity index (χ1n) is 5.89. The van der Waals surface area contributed by atoms with Crippen LogP contribution in [-0.2, 0) is 9.53 Å². The van der Waals surface area contributed by atoms with E-state index < -0.39 is 0 Å². The second kappa shape index (κ2) is 4.69. The van der Waals surface area contributed by atoms with Crippen LogP contribution in [0.25, 0.3) is 0 Å². The van der Waals surface area contributed by atoms with Gasteiger partial charge < -0.3 is 14.7 Å². The SMILES string of the molecule is CC(C)N1CCN2C(=O)CO[C@@H](CO)C2C1. The Morgan fingerprint density at radius 1 is 1.50 bits per heavy atom. The van der Waals surface area contributed by atoms with E-state index in [-0.39, 0.29) is 31.3 Å². The fraction of sp³-hybridized carbons (Fsp3) is 0.909. The molecular formula is C11H20N2O3. The van der Waals surface area contributed by atoms with E-state index in [4.69, 9.17) is 4.74 Å². The highest BCUT2D eigenvalue weighted by atomic mass is 16.5. The molecule has 0 aromatic rings. The predicted molar refractivity (Wildman–Crippen MR) is 59.0 cm³/mol. The molecule has 2 aliphatic rings. The Balaban J connectivity index is 2.08. The summed E-state index contributed by atoms with van der Waals surface area (Å²) in [7, 11) is 0. The Labute approximate surface area is 96.0 Å². The van der Waals surface area contributed by atoms with Crippen LogP contribution in [0.2, 0.25) is 0 Å². The molecule has 2 rings (SSSR count). The molecule has 0 spiro atoms. The van der Waals surface area contributed by atoms with Gasteiger partial charge in [0.25, 0.3) is 0 Å². The van der Waals surface area contributed by atoms with Crippen molar-refractivity contribution in [3.8, 4) is 0 Å². The number of rotatable bonds is 2. The molecular weight excluding hydrogens is 208 g/mol. The van der Waals surface area contributed by atoms with Gasteiger partial charge in [0.2, 0.25) is 5.91 Å².